The molecule has 2 heterocycles. The van der Waals surface area contributed by atoms with Gasteiger partial charge in [-0.1, -0.05) is 12.1 Å². The highest BCUT2D eigenvalue weighted by Gasteiger charge is 2.41. The fourth-order valence-corrected chi connectivity index (χ4v) is 3.81. The lowest BCUT2D eigenvalue weighted by atomic mass is 10.0. The Bertz CT molecular complexity index is 1100. The number of carboxylic acids is 1. The average molecular weight is 482 g/mol. The predicted octanol–water partition coefficient (Wildman–Crippen LogP) is 0.554. The van der Waals surface area contributed by atoms with Crippen LogP contribution in [0.4, 0.5) is 0 Å². The number of methoxy groups -OCH3 is 1. The summed E-state index contributed by atoms with van der Waals surface area (Å²) in [5.41, 5.74) is 2.19. The van der Waals surface area contributed by atoms with E-state index in [0.717, 1.165) is 23.1 Å². The molecule has 2 atom stereocenters. The number of amides is 3. The number of esters is 1. The fraction of sp³-hybridized carbons (Fsp3) is 0.333. The number of carbonyl (C=O) groups is 5. The zero-order chi connectivity index (χ0) is 25.5. The summed E-state index contributed by atoms with van der Waals surface area (Å²) < 4.78 is 4.63. The molecule has 0 unspecified atom stereocenters. The maximum absolute atomic E-state index is 13.1. The first-order valence-corrected chi connectivity index (χ1v) is 10.9. The molecule has 0 saturated carbocycles. The number of carboxylic acid groups (broad SMARTS) is 1. The molecule has 11 nitrogen and oxygen atoms in total. The van der Waals surface area contributed by atoms with Crippen LogP contribution in [0.25, 0.3) is 11.1 Å². The van der Waals surface area contributed by atoms with E-state index in [4.69, 9.17) is 5.11 Å². The normalized spacial score (nSPS) is 16.4. The molecule has 2 aromatic rings. The van der Waals surface area contributed by atoms with E-state index in [-0.39, 0.29) is 13.1 Å². The predicted molar refractivity (Wildman–Crippen MR) is 123 cm³/mol. The van der Waals surface area contributed by atoms with Crippen LogP contribution in [0.2, 0.25) is 0 Å². The number of carbonyl (C=O) groups excluding carboxylic acids is 4. The lowest BCUT2D eigenvalue weighted by Crippen LogP contribution is -2.62. The first-order valence-electron chi connectivity index (χ1n) is 10.9. The number of hydrogen-bond acceptors (Lipinski definition) is 7. The Hall–Kier alpha value is -4.28. The number of aliphatic carboxylic acids is 1. The minimum atomic E-state index is -1.22. The molecule has 0 bridgehead atoms. The Kier molecular flexibility index (Phi) is 8.13. The molecule has 3 rings (SSSR count). The molecule has 1 aliphatic heterocycles. The van der Waals surface area contributed by atoms with Crippen molar-refractivity contribution >= 4 is 29.7 Å². The topological polar surface area (TPSA) is 146 Å². The van der Waals surface area contributed by atoms with Gasteiger partial charge in [0.25, 0.3) is 5.91 Å². The molecule has 2 N–H and O–H groups in total. The Balaban J connectivity index is 1.69. The van der Waals surface area contributed by atoms with Crippen molar-refractivity contribution in [1.29, 1.82) is 0 Å². The number of pyridine rings is 1. The summed E-state index contributed by atoms with van der Waals surface area (Å²) in [5, 5.41) is 11.7. The highest BCUT2D eigenvalue weighted by atomic mass is 16.5. The van der Waals surface area contributed by atoms with Gasteiger partial charge in [0, 0.05) is 31.0 Å². The number of nitrogens with zero attached hydrogens (tertiary/aromatic N) is 3. The monoisotopic (exact) mass is 482 g/mol. The summed E-state index contributed by atoms with van der Waals surface area (Å²) in [4.78, 5) is 67.8. The second-order valence-corrected chi connectivity index (χ2v) is 7.99. The van der Waals surface area contributed by atoms with Crippen molar-refractivity contribution in [3.05, 3.63) is 54.4 Å². The van der Waals surface area contributed by atoms with Crippen molar-refractivity contribution in [2.75, 3.05) is 26.7 Å². The Morgan fingerprint density at radius 3 is 2.31 bits per heavy atom. The highest BCUT2D eigenvalue weighted by molar-refractivity contribution is 5.99. The number of aromatic nitrogens is 1. The van der Waals surface area contributed by atoms with E-state index >= 15 is 0 Å². The first kappa shape index (κ1) is 25.3. The van der Waals surface area contributed by atoms with Gasteiger partial charge in [-0.2, -0.15) is 0 Å². The molecule has 184 valence electrons. The van der Waals surface area contributed by atoms with Gasteiger partial charge in [-0.3, -0.25) is 29.0 Å². The molecule has 1 aromatic heterocycles. The number of nitrogens with one attached hydrogen (secondary N) is 1. The van der Waals surface area contributed by atoms with Gasteiger partial charge in [0.1, 0.15) is 18.6 Å². The van der Waals surface area contributed by atoms with Crippen molar-refractivity contribution in [3.8, 4) is 11.1 Å². The zero-order valence-corrected chi connectivity index (χ0v) is 19.3. The van der Waals surface area contributed by atoms with Gasteiger partial charge in [0.05, 0.1) is 13.5 Å². The van der Waals surface area contributed by atoms with Gasteiger partial charge < -0.3 is 25.0 Å². The SMILES string of the molecule is COC(=O)C[C@H]1C(=O)N(CC(=O)O)CCN1C(=O)[C@H](C)NC(=O)c1ccc(-c2ccncc2)cc1. The second-order valence-electron chi connectivity index (χ2n) is 7.99. The molecule has 1 aliphatic rings. The van der Waals surface area contributed by atoms with Crippen molar-refractivity contribution in [2.24, 2.45) is 0 Å². The van der Waals surface area contributed by atoms with Gasteiger partial charge in [-0.25, -0.2) is 0 Å². The first-order chi connectivity index (χ1) is 16.7. The van der Waals surface area contributed by atoms with Crippen LogP contribution in [-0.2, 0) is 23.9 Å². The summed E-state index contributed by atoms with van der Waals surface area (Å²) >= 11 is 0. The van der Waals surface area contributed by atoms with E-state index in [1.54, 1.807) is 36.7 Å². The van der Waals surface area contributed by atoms with Crippen LogP contribution in [-0.4, -0.2) is 88.4 Å². The van der Waals surface area contributed by atoms with Gasteiger partial charge in [0.15, 0.2) is 0 Å². The molecule has 35 heavy (non-hydrogen) atoms. The molecule has 11 heteroatoms. The summed E-state index contributed by atoms with van der Waals surface area (Å²) in [6, 6.07) is 8.30. The summed E-state index contributed by atoms with van der Waals surface area (Å²) in [5.74, 6) is -3.63. The minimum absolute atomic E-state index is 0.00825. The van der Waals surface area contributed by atoms with Gasteiger partial charge in [-0.15, -0.1) is 0 Å². The Morgan fingerprint density at radius 2 is 1.71 bits per heavy atom. The molecule has 0 aliphatic carbocycles. The summed E-state index contributed by atoms with van der Waals surface area (Å²) in [7, 11) is 1.15. The molecule has 0 spiro atoms. The maximum Gasteiger partial charge on any atom is 0.323 e. The van der Waals surface area contributed by atoms with Gasteiger partial charge in [-0.05, 0) is 42.3 Å². The smallest absolute Gasteiger partial charge is 0.323 e. The third-order valence-corrected chi connectivity index (χ3v) is 5.66. The lowest BCUT2D eigenvalue weighted by Gasteiger charge is -2.40. The van der Waals surface area contributed by atoms with Crippen LogP contribution in [0.15, 0.2) is 48.8 Å². The lowest BCUT2D eigenvalue weighted by molar-refractivity contribution is -0.159. The van der Waals surface area contributed by atoms with Crippen molar-refractivity contribution < 1.29 is 33.8 Å². The second kappa shape index (κ2) is 11.2. The van der Waals surface area contributed by atoms with Crippen LogP contribution in [0.5, 0.6) is 0 Å². The molecule has 0 radical (unpaired) electrons. The van der Waals surface area contributed by atoms with Gasteiger partial charge >= 0.3 is 11.9 Å². The maximum atomic E-state index is 13.1. The van der Waals surface area contributed by atoms with Gasteiger partial charge in [0.2, 0.25) is 11.8 Å². The van der Waals surface area contributed by atoms with Crippen LogP contribution in [0.1, 0.15) is 23.7 Å². The molecule has 1 fully saturated rings. The van der Waals surface area contributed by atoms with E-state index in [1.807, 2.05) is 12.1 Å². The molecule has 3 amide bonds. The number of piperazine rings is 1. The standard InChI is InChI=1S/C24H26N4O7/c1-15(26-22(32)18-5-3-16(4-6-18)17-7-9-25-10-8-17)23(33)28-12-11-27(14-20(29)30)24(34)19(28)13-21(31)35-2/h3-10,15,19H,11-14H2,1-2H3,(H,26,32)(H,29,30)/t15-,19-/m0/s1. The number of hydrogen-bond donors (Lipinski definition) is 2. The van der Waals surface area contributed by atoms with E-state index in [2.05, 4.69) is 15.0 Å². The quantitative estimate of drug-likeness (QED) is 0.519. The fourth-order valence-electron chi connectivity index (χ4n) is 3.81. The number of benzene rings is 1. The van der Waals surface area contributed by atoms with Crippen LogP contribution in [0.3, 0.4) is 0 Å². The molecule has 1 saturated heterocycles. The van der Waals surface area contributed by atoms with E-state index in [9.17, 15) is 24.0 Å². The number of rotatable bonds is 8. The Morgan fingerprint density at radius 1 is 1.09 bits per heavy atom. The average Bonchev–Trinajstić information content (AvgIpc) is 2.86. The zero-order valence-electron chi connectivity index (χ0n) is 19.3. The van der Waals surface area contributed by atoms with Crippen LogP contribution >= 0.6 is 0 Å². The van der Waals surface area contributed by atoms with E-state index < -0.39 is 54.7 Å². The highest BCUT2D eigenvalue weighted by Crippen LogP contribution is 2.19. The Labute approximate surface area is 201 Å². The molecule has 1 aromatic carbocycles. The summed E-state index contributed by atoms with van der Waals surface area (Å²) in [6.45, 7) is 0.946. The summed E-state index contributed by atoms with van der Waals surface area (Å²) in [6.07, 6.45) is 2.92. The molecular weight excluding hydrogens is 456 g/mol. The minimum Gasteiger partial charge on any atom is -0.480 e. The largest absolute Gasteiger partial charge is 0.480 e. The third-order valence-electron chi connectivity index (χ3n) is 5.66. The number of ether oxygens (including phenoxy) is 1. The van der Waals surface area contributed by atoms with Crippen LogP contribution < -0.4 is 5.32 Å². The van der Waals surface area contributed by atoms with Crippen molar-refractivity contribution in [1.82, 2.24) is 20.1 Å². The van der Waals surface area contributed by atoms with E-state index in [0.29, 0.717) is 5.56 Å². The van der Waals surface area contributed by atoms with Crippen molar-refractivity contribution in [3.63, 3.8) is 0 Å². The third kappa shape index (κ3) is 6.19. The van der Waals surface area contributed by atoms with E-state index in [1.165, 1.54) is 11.8 Å². The molecular formula is C24H26N4O7. The van der Waals surface area contributed by atoms with Crippen molar-refractivity contribution in [2.45, 2.75) is 25.4 Å². The van der Waals surface area contributed by atoms with Crippen LogP contribution in [0, 0.1) is 0 Å².